The number of likely N-dealkylation sites (N-methyl/N-ethyl adjacent to an activating group) is 1. The molecule has 0 aliphatic carbocycles. The predicted octanol–water partition coefficient (Wildman–Crippen LogP) is -5.20. The fourth-order valence-corrected chi connectivity index (χ4v) is 8.38. The molecule has 1 saturated heterocycles. The average molecular weight is 1160 g/mol. The van der Waals surface area contributed by atoms with Crippen LogP contribution < -0.4 is 37.2 Å². The largest absolute Gasteiger partial charge is 0.481 e. The van der Waals surface area contributed by atoms with Crippen LogP contribution in [0.15, 0.2) is 42.9 Å². The van der Waals surface area contributed by atoms with Crippen LogP contribution in [-0.4, -0.2) is 264 Å². The van der Waals surface area contributed by atoms with E-state index in [2.05, 4.69) is 47.2 Å². The standard InChI is InChI=1S/C50H75N13O19/c1-3-60-14-15-61(26-42(70)71)17-18-62(20-21-63(19-16-60)50(81)82)38(49(79)80)11-12-39(66)52-13-7-10-40(67)55-35(24-41(68)69)44(73)54-30(2)43(72)56-34(23-32-25-51-29-53-32)46(75)58-36(27-64)47(76)57-33(22-31-8-5-4-6-9-31)45(74)59-37(28-65)48(77)78/h4-6,8-9,25,29-30,33-38,64-65H,3,7,10-24,26-28H2,1-2H3,(H,51,53)(H,52,66)(H,54,73)(H,55,67)(H,56,72)(H,57,76)(H,58,75)(H,59,74)(H,68,69)(H,70,71)(H,77,78)(H,79,80)(H,81,82)/t30-,33-,34-,35?,36-,37-,38?/m0/s1. The number of hydrogen-bond acceptors (Lipinski definition) is 18. The summed E-state index contributed by atoms with van der Waals surface area (Å²) in [5, 5.41) is 84.5. The van der Waals surface area contributed by atoms with Crippen molar-refractivity contribution in [3.8, 4) is 0 Å². The number of hydrogen-bond donors (Lipinski definition) is 15. The lowest BCUT2D eigenvalue weighted by atomic mass is 10.0. The SMILES string of the molecule is CCN1CCN(CC(=O)O)CCN(C(CCC(=O)NCCCC(=O)NC(CC(=O)O)C(=O)N[C@@H](C)C(=O)N[C@@H](Cc2cnc[nH]2)C(=O)N[C@@H](CO)C(=O)N[C@@H](Cc2ccccc2)C(=O)N[C@@H](CO)C(=O)O)C(=O)O)CCN(C(=O)O)CC1. The van der Waals surface area contributed by atoms with Crippen molar-refractivity contribution in [2.75, 3.05) is 85.2 Å². The number of carbonyl (C=O) groups excluding carboxylic acids is 7. The first-order valence-corrected chi connectivity index (χ1v) is 26.3. The Hall–Kier alpha value is -8.33. The first-order chi connectivity index (χ1) is 38.9. The molecule has 1 aliphatic rings. The number of aliphatic carboxylic acids is 4. The molecular weight excluding hydrogens is 1090 g/mol. The van der Waals surface area contributed by atoms with Gasteiger partial charge >= 0.3 is 30.0 Å². The molecule has 32 nitrogen and oxygen atoms in total. The van der Waals surface area contributed by atoms with Gasteiger partial charge in [0, 0.05) is 96.5 Å². The Morgan fingerprint density at radius 3 is 1.74 bits per heavy atom. The van der Waals surface area contributed by atoms with Gasteiger partial charge in [-0.15, -0.1) is 0 Å². The Kier molecular flexibility index (Phi) is 29.3. The van der Waals surface area contributed by atoms with Crippen molar-refractivity contribution in [1.82, 2.24) is 66.8 Å². The third-order valence-electron chi connectivity index (χ3n) is 13.1. The predicted molar refractivity (Wildman–Crippen MR) is 284 cm³/mol. The highest BCUT2D eigenvalue weighted by molar-refractivity contribution is 5.97. The number of carboxylic acid groups (broad SMARTS) is 5. The van der Waals surface area contributed by atoms with Crippen LogP contribution in [0.4, 0.5) is 4.79 Å². The van der Waals surface area contributed by atoms with Crippen LogP contribution in [0.1, 0.15) is 57.2 Å². The fraction of sp³-hybridized carbons (Fsp3) is 0.580. The molecule has 2 unspecified atom stereocenters. The molecule has 0 bridgehead atoms. The fourth-order valence-electron chi connectivity index (χ4n) is 8.38. The van der Waals surface area contributed by atoms with Crippen molar-refractivity contribution in [2.45, 2.75) is 101 Å². The molecule has 1 aromatic heterocycles. The van der Waals surface area contributed by atoms with E-state index in [0.29, 0.717) is 37.4 Å². The smallest absolute Gasteiger partial charge is 0.407 e. The molecule has 0 spiro atoms. The minimum absolute atomic E-state index is 0.0276. The van der Waals surface area contributed by atoms with Gasteiger partial charge in [-0.2, -0.15) is 0 Å². The summed E-state index contributed by atoms with van der Waals surface area (Å²) < 4.78 is 0. The van der Waals surface area contributed by atoms with Crippen molar-refractivity contribution in [2.24, 2.45) is 0 Å². The second-order valence-corrected chi connectivity index (χ2v) is 19.1. The summed E-state index contributed by atoms with van der Waals surface area (Å²) in [4.78, 5) is 166. The zero-order valence-corrected chi connectivity index (χ0v) is 45.5. The van der Waals surface area contributed by atoms with E-state index in [-0.39, 0.29) is 84.3 Å². The highest BCUT2D eigenvalue weighted by Crippen LogP contribution is 2.12. The van der Waals surface area contributed by atoms with Crippen molar-refractivity contribution in [1.29, 1.82) is 0 Å². The molecule has 32 heteroatoms. The van der Waals surface area contributed by atoms with Gasteiger partial charge < -0.3 is 87.7 Å². The normalized spacial score (nSPS) is 16.3. The van der Waals surface area contributed by atoms with E-state index < -0.39 is 133 Å². The minimum Gasteiger partial charge on any atom is -0.481 e. The summed E-state index contributed by atoms with van der Waals surface area (Å²) in [6.07, 6.45) is -0.972. The maximum absolute atomic E-state index is 13.8. The minimum atomic E-state index is -1.77. The van der Waals surface area contributed by atoms with Crippen LogP contribution in [0.2, 0.25) is 0 Å². The second-order valence-electron chi connectivity index (χ2n) is 19.1. The Labute approximate surface area is 470 Å². The number of aromatic amines is 1. The number of aromatic nitrogens is 2. The summed E-state index contributed by atoms with van der Waals surface area (Å²) in [7, 11) is 0. The summed E-state index contributed by atoms with van der Waals surface area (Å²) in [5.41, 5.74) is 0.808. The molecule has 2 heterocycles. The Bertz CT molecular complexity index is 2470. The molecule has 0 saturated carbocycles. The van der Waals surface area contributed by atoms with E-state index in [1.54, 1.807) is 35.2 Å². The summed E-state index contributed by atoms with van der Waals surface area (Å²) in [5.74, 6) is -12.2. The van der Waals surface area contributed by atoms with Crippen molar-refractivity contribution >= 4 is 71.3 Å². The van der Waals surface area contributed by atoms with Crippen LogP contribution in [0, 0.1) is 0 Å². The van der Waals surface area contributed by atoms with Crippen molar-refractivity contribution in [3.05, 3.63) is 54.1 Å². The molecule has 1 aromatic carbocycles. The number of nitrogens with zero attached hydrogens (tertiary/aromatic N) is 5. The van der Waals surface area contributed by atoms with Crippen LogP contribution in [0.3, 0.4) is 0 Å². The Morgan fingerprint density at radius 2 is 1.16 bits per heavy atom. The van der Waals surface area contributed by atoms with E-state index in [1.807, 2.05) is 11.8 Å². The number of amides is 8. The maximum atomic E-state index is 13.8. The molecule has 7 atom stereocenters. The Morgan fingerprint density at radius 1 is 0.598 bits per heavy atom. The number of carbonyl (C=O) groups is 12. The van der Waals surface area contributed by atoms with Crippen LogP contribution in [-0.2, 0) is 65.6 Å². The summed E-state index contributed by atoms with van der Waals surface area (Å²) in [6, 6.07) is -2.88. The molecule has 0 radical (unpaired) electrons. The van der Waals surface area contributed by atoms with Gasteiger partial charge in [0.25, 0.3) is 0 Å². The van der Waals surface area contributed by atoms with E-state index in [4.69, 9.17) is 0 Å². The van der Waals surface area contributed by atoms with Crippen molar-refractivity contribution in [3.63, 3.8) is 0 Å². The molecule has 8 amide bonds. The van der Waals surface area contributed by atoms with E-state index in [9.17, 15) is 93.3 Å². The van der Waals surface area contributed by atoms with Gasteiger partial charge in [-0.05, 0) is 31.9 Å². The highest BCUT2D eigenvalue weighted by Gasteiger charge is 2.34. The topological polar surface area (TPSA) is 472 Å². The molecule has 454 valence electrons. The third kappa shape index (κ3) is 24.6. The van der Waals surface area contributed by atoms with Gasteiger partial charge in [0.05, 0.1) is 32.5 Å². The average Bonchev–Trinajstić information content (AvgIpc) is 3.97. The van der Waals surface area contributed by atoms with Crippen LogP contribution >= 0.6 is 0 Å². The lowest BCUT2D eigenvalue weighted by Gasteiger charge is -2.35. The summed E-state index contributed by atoms with van der Waals surface area (Å²) in [6.45, 7) is 2.60. The number of benzene rings is 1. The van der Waals surface area contributed by atoms with Gasteiger partial charge in [-0.3, -0.25) is 57.7 Å². The van der Waals surface area contributed by atoms with Crippen molar-refractivity contribution < 1.29 is 93.3 Å². The molecule has 15 N–H and O–H groups in total. The number of H-pyrrole nitrogens is 1. The second kappa shape index (κ2) is 35.4. The first-order valence-electron chi connectivity index (χ1n) is 26.3. The lowest BCUT2D eigenvalue weighted by molar-refractivity contribution is -0.145. The van der Waals surface area contributed by atoms with Gasteiger partial charge in [-0.1, -0.05) is 37.3 Å². The molecule has 82 heavy (non-hydrogen) atoms. The molecule has 3 rings (SSSR count). The van der Waals surface area contributed by atoms with Gasteiger partial charge in [0.15, 0.2) is 0 Å². The number of aliphatic hydroxyl groups is 2. The zero-order valence-electron chi connectivity index (χ0n) is 45.5. The molecular formula is C50H75N13O19. The number of aliphatic hydroxyl groups excluding tert-OH is 2. The first kappa shape index (κ1) is 67.9. The number of carboxylic acids is 4. The van der Waals surface area contributed by atoms with E-state index in [1.165, 1.54) is 29.2 Å². The Balaban J connectivity index is 1.61. The molecule has 2 aromatic rings. The third-order valence-corrected chi connectivity index (χ3v) is 13.1. The van der Waals surface area contributed by atoms with E-state index >= 15 is 0 Å². The number of imidazole rings is 1. The molecule has 1 aliphatic heterocycles. The maximum Gasteiger partial charge on any atom is 0.407 e. The number of rotatable bonds is 32. The van der Waals surface area contributed by atoms with Gasteiger partial charge in [0.1, 0.15) is 42.3 Å². The molecule has 1 fully saturated rings. The van der Waals surface area contributed by atoms with E-state index in [0.717, 1.165) is 0 Å². The number of nitrogens with one attached hydrogen (secondary N) is 8. The quantitative estimate of drug-likeness (QED) is 0.0305. The van der Waals surface area contributed by atoms with Crippen LogP contribution in [0.25, 0.3) is 0 Å². The van der Waals surface area contributed by atoms with Gasteiger partial charge in [0.2, 0.25) is 41.4 Å². The van der Waals surface area contributed by atoms with Gasteiger partial charge in [-0.25, -0.2) is 14.6 Å². The lowest BCUT2D eigenvalue weighted by Crippen LogP contribution is -2.60. The zero-order chi connectivity index (χ0) is 60.9. The summed E-state index contributed by atoms with van der Waals surface area (Å²) >= 11 is 0. The van der Waals surface area contributed by atoms with Crippen LogP contribution in [0.5, 0.6) is 0 Å². The monoisotopic (exact) mass is 1160 g/mol. The highest BCUT2D eigenvalue weighted by atomic mass is 16.4.